The molecule has 1 aliphatic carbocycles. The molecule has 101 valence electrons. The van der Waals surface area contributed by atoms with Crippen LogP contribution in [0.25, 0.3) is 0 Å². The summed E-state index contributed by atoms with van der Waals surface area (Å²) in [5, 5.41) is 2.89. The number of carbonyl (C=O) groups excluding carboxylic acids is 2. The SMILES string of the molecule is NC(=O)c1ccccc1[CH]CC(=O)NCCC1CC1. The van der Waals surface area contributed by atoms with Gasteiger partial charge in [-0.3, -0.25) is 9.59 Å². The molecule has 1 radical (unpaired) electrons. The van der Waals surface area contributed by atoms with Gasteiger partial charge < -0.3 is 11.1 Å². The van der Waals surface area contributed by atoms with Gasteiger partial charge in [0.15, 0.2) is 0 Å². The zero-order chi connectivity index (χ0) is 13.7. The topological polar surface area (TPSA) is 72.2 Å². The van der Waals surface area contributed by atoms with Crippen LogP contribution in [0.3, 0.4) is 0 Å². The van der Waals surface area contributed by atoms with Gasteiger partial charge in [0, 0.05) is 24.9 Å². The van der Waals surface area contributed by atoms with Crippen molar-refractivity contribution in [2.75, 3.05) is 6.54 Å². The number of rotatable bonds is 7. The van der Waals surface area contributed by atoms with Crippen molar-refractivity contribution in [2.45, 2.75) is 25.7 Å². The lowest BCUT2D eigenvalue weighted by atomic mass is 10.0. The van der Waals surface area contributed by atoms with E-state index in [4.69, 9.17) is 5.73 Å². The fraction of sp³-hybridized carbons (Fsp3) is 0.400. The van der Waals surface area contributed by atoms with Gasteiger partial charge in [-0.05, 0) is 24.0 Å². The average molecular weight is 259 g/mol. The molecule has 4 heteroatoms. The Morgan fingerprint density at radius 2 is 2.05 bits per heavy atom. The molecule has 2 rings (SSSR count). The highest BCUT2D eigenvalue weighted by molar-refractivity contribution is 5.95. The molecule has 0 bridgehead atoms. The second-order valence-electron chi connectivity index (χ2n) is 4.94. The van der Waals surface area contributed by atoms with Gasteiger partial charge in [-0.2, -0.15) is 0 Å². The Hall–Kier alpha value is -1.84. The zero-order valence-electron chi connectivity index (χ0n) is 10.9. The molecule has 0 aromatic heterocycles. The van der Waals surface area contributed by atoms with Crippen LogP contribution in [0.1, 0.15) is 41.6 Å². The van der Waals surface area contributed by atoms with Gasteiger partial charge in [-0.15, -0.1) is 0 Å². The van der Waals surface area contributed by atoms with Gasteiger partial charge in [0.05, 0.1) is 0 Å². The Balaban J connectivity index is 1.77. The van der Waals surface area contributed by atoms with E-state index < -0.39 is 5.91 Å². The van der Waals surface area contributed by atoms with Crippen molar-refractivity contribution < 1.29 is 9.59 Å². The number of nitrogens with one attached hydrogen (secondary N) is 1. The van der Waals surface area contributed by atoms with E-state index in [1.807, 2.05) is 6.07 Å². The van der Waals surface area contributed by atoms with Gasteiger partial charge in [-0.1, -0.05) is 31.0 Å². The number of primary amides is 1. The molecule has 2 amide bonds. The van der Waals surface area contributed by atoms with Gasteiger partial charge in [0.1, 0.15) is 0 Å². The molecule has 0 aliphatic heterocycles. The quantitative estimate of drug-likeness (QED) is 0.781. The maximum atomic E-state index is 11.6. The van der Waals surface area contributed by atoms with E-state index in [1.54, 1.807) is 24.6 Å². The molecule has 1 saturated carbocycles. The first-order chi connectivity index (χ1) is 9.16. The number of carbonyl (C=O) groups is 2. The lowest BCUT2D eigenvalue weighted by Crippen LogP contribution is -2.24. The van der Waals surface area contributed by atoms with Crippen LogP contribution in [0.4, 0.5) is 0 Å². The minimum absolute atomic E-state index is 0.0140. The highest BCUT2D eigenvalue weighted by Gasteiger charge is 2.20. The van der Waals surface area contributed by atoms with Crippen molar-refractivity contribution in [3.63, 3.8) is 0 Å². The van der Waals surface area contributed by atoms with E-state index in [9.17, 15) is 9.59 Å². The summed E-state index contributed by atoms with van der Waals surface area (Å²) in [4.78, 5) is 22.9. The zero-order valence-corrected chi connectivity index (χ0v) is 10.9. The van der Waals surface area contributed by atoms with Crippen molar-refractivity contribution in [3.8, 4) is 0 Å². The third-order valence-corrected chi connectivity index (χ3v) is 3.31. The number of amides is 2. The third kappa shape index (κ3) is 4.39. The molecular formula is C15H19N2O2. The normalized spacial score (nSPS) is 14.1. The van der Waals surface area contributed by atoms with E-state index in [1.165, 1.54) is 12.8 Å². The first-order valence-corrected chi connectivity index (χ1v) is 6.65. The van der Waals surface area contributed by atoms with Crippen LogP contribution in [0.5, 0.6) is 0 Å². The number of hydrogen-bond donors (Lipinski definition) is 2. The minimum atomic E-state index is -0.471. The Labute approximate surface area is 113 Å². The second-order valence-corrected chi connectivity index (χ2v) is 4.94. The summed E-state index contributed by atoms with van der Waals surface area (Å²) in [6.45, 7) is 0.745. The van der Waals surface area contributed by atoms with E-state index in [2.05, 4.69) is 5.32 Å². The lowest BCUT2D eigenvalue weighted by molar-refractivity contribution is -0.120. The summed E-state index contributed by atoms with van der Waals surface area (Å²) in [5.41, 5.74) is 6.45. The van der Waals surface area contributed by atoms with Crippen molar-refractivity contribution in [1.29, 1.82) is 0 Å². The molecule has 1 aromatic carbocycles. The molecule has 0 heterocycles. The van der Waals surface area contributed by atoms with Crippen LogP contribution >= 0.6 is 0 Å². The largest absolute Gasteiger partial charge is 0.366 e. The van der Waals surface area contributed by atoms with Crippen LogP contribution in [-0.2, 0) is 4.79 Å². The average Bonchev–Trinajstić information content (AvgIpc) is 3.20. The molecule has 0 atom stereocenters. The molecule has 0 spiro atoms. The van der Waals surface area contributed by atoms with Crippen molar-refractivity contribution in [3.05, 3.63) is 41.8 Å². The molecule has 1 fully saturated rings. The van der Waals surface area contributed by atoms with Crippen LogP contribution in [0.15, 0.2) is 24.3 Å². The summed E-state index contributed by atoms with van der Waals surface area (Å²) in [7, 11) is 0. The number of hydrogen-bond acceptors (Lipinski definition) is 2. The minimum Gasteiger partial charge on any atom is -0.366 e. The summed E-state index contributed by atoms with van der Waals surface area (Å²) < 4.78 is 0. The number of benzene rings is 1. The van der Waals surface area contributed by atoms with Gasteiger partial charge in [0.25, 0.3) is 0 Å². The van der Waals surface area contributed by atoms with E-state index in [-0.39, 0.29) is 12.3 Å². The summed E-state index contributed by atoms with van der Waals surface area (Å²) >= 11 is 0. The highest BCUT2D eigenvalue weighted by atomic mass is 16.1. The Kier molecular flexibility index (Phi) is 4.55. The van der Waals surface area contributed by atoms with Crippen LogP contribution < -0.4 is 11.1 Å². The smallest absolute Gasteiger partial charge is 0.248 e. The molecule has 1 aliphatic rings. The third-order valence-electron chi connectivity index (χ3n) is 3.31. The van der Waals surface area contributed by atoms with Crippen molar-refractivity contribution in [2.24, 2.45) is 11.7 Å². The Morgan fingerprint density at radius 1 is 1.32 bits per heavy atom. The molecule has 0 saturated heterocycles. The monoisotopic (exact) mass is 259 g/mol. The maximum absolute atomic E-state index is 11.6. The van der Waals surface area contributed by atoms with Gasteiger partial charge in [-0.25, -0.2) is 0 Å². The molecule has 19 heavy (non-hydrogen) atoms. The molecule has 1 aromatic rings. The Morgan fingerprint density at radius 3 is 2.74 bits per heavy atom. The van der Waals surface area contributed by atoms with Crippen LogP contribution in [-0.4, -0.2) is 18.4 Å². The van der Waals surface area contributed by atoms with Gasteiger partial charge >= 0.3 is 0 Å². The molecular weight excluding hydrogens is 240 g/mol. The predicted octanol–water partition coefficient (Wildman–Crippen LogP) is 1.64. The molecule has 3 N–H and O–H groups in total. The van der Waals surface area contributed by atoms with E-state index >= 15 is 0 Å². The van der Waals surface area contributed by atoms with Gasteiger partial charge in [0.2, 0.25) is 11.8 Å². The summed E-state index contributed by atoms with van der Waals surface area (Å²) in [6, 6.07) is 7.03. The highest BCUT2D eigenvalue weighted by Crippen LogP contribution is 2.31. The fourth-order valence-electron chi connectivity index (χ4n) is 2.00. The second kappa shape index (κ2) is 6.36. The van der Waals surface area contributed by atoms with Crippen molar-refractivity contribution in [1.82, 2.24) is 5.32 Å². The summed E-state index contributed by atoms with van der Waals surface area (Å²) in [6.07, 6.45) is 5.69. The number of nitrogens with two attached hydrogens (primary N) is 1. The molecule has 0 unspecified atom stereocenters. The summed E-state index contributed by atoms with van der Waals surface area (Å²) in [5.74, 6) is 0.334. The van der Waals surface area contributed by atoms with E-state index in [0.717, 1.165) is 18.9 Å². The maximum Gasteiger partial charge on any atom is 0.248 e. The fourth-order valence-corrected chi connectivity index (χ4v) is 2.00. The standard InChI is InChI=1S/C15H19N2O2/c16-15(19)13-4-2-1-3-12(13)7-8-14(18)17-10-9-11-5-6-11/h1-4,7,11H,5-6,8-10H2,(H2,16,19)(H,17,18). The first-order valence-electron chi connectivity index (χ1n) is 6.65. The van der Waals surface area contributed by atoms with Crippen LogP contribution in [0, 0.1) is 12.3 Å². The lowest BCUT2D eigenvalue weighted by Gasteiger charge is -2.07. The first kappa shape index (κ1) is 13.6. The Bertz CT molecular complexity index is 467. The molecule has 4 nitrogen and oxygen atoms in total. The van der Waals surface area contributed by atoms with E-state index in [0.29, 0.717) is 11.1 Å². The van der Waals surface area contributed by atoms with Crippen molar-refractivity contribution >= 4 is 11.8 Å². The van der Waals surface area contributed by atoms with Crippen LogP contribution in [0.2, 0.25) is 0 Å². The predicted molar refractivity (Wildman–Crippen MR) is 73.3 cm³/mol.